The van der Waals surface area contributed by atoms with E-state index in [1.807, 2.05) is 0 Å². The normalized spacial score (nSPS) is 10.7. The summed E-state index contributed by atoms with van der Waals surface area (Å²) in [5, 5.41) is 0. The summed E-state index contributed by atoms with van der Waals surface area (Å²) in [6.07, 6.45) is 2.71. The van der Waals surface area contributed by atoms with E-state index in [-0.39, 0.29) is 0 Å². The molecule has 0 aliphatic rings. The molecule has 70 valence electrons. The van der Waals surface area contributed by atoms with Gasteiger partial charge in [-0.2, -0.15) is 0 Å². The smallest absolute Gasteiger partial charge is 0.208 e. The predicted molar refractivity (Wildman–Crippen MR) is 66.7 cm³/mol. The molecule has 0 atom stereocenters. The van der Waals surface area contributed by atoms with Crippen LogP contribution < -0.4 is 0 Å². The molecule has 0 rings (SSSR count). The van der Waals surface area contributed by atoms with Gasteiger partial charge in [0.25, 0.3) is 4.18 Å². The maximum atomic E-state index is 9.61. The molecule has 0 saturated carbocycles. The molecule has 0 N–H and O–H groups in total. The van der Waals surface area contributed by atoms with Gasteiger partial charge in [0.2, 0.25) is 0 Å². The maximum absolute atomic E-state index is 9.61. The summed E-state index contributed by atoms with van der Waals surface area (Å²) >= 11 is 2.67. The quantitative estimate of drug-likeness (QED) is 0.522. The first-order chi connectivity index (χ1) is 4.77. The average Bonchev–Trinajstić information content (AvgIpc) is 1.58. The minimum absolute atomic E-state index is 0.898. The summed E-state index contributed by atoms with van der Waals surface area (Å²) in [7, 11) is 0. The first-order valence-electron chi connectivity index (χ1n) is 3.41. The van der Waals surface area contributed by atoms with Gasteiger partial charge in [-0.1, -0.05) is 33.6 Å². The summed E-state index contributed by atoms with van der Waals surface area (Å²) < 4.78 is 16.5. The van der Waals surface area contributed by atoms with Gasteiger partial charge < -0.3 is 0 Å². The highest BCUT2D eigenvalue weighted by Gasteiger charge is 1.86. The van der Waals surface area contributed by atoms with Gasteiger partial charge in [0.15, 0.2) is 0 Å². The Morgan fingerprint density at radius 3 is 1.55 bits per heavy atom. The van der Waals surface area contributed by atoms with Crippen LogP contribution >= 0.6 is 42.4 Å². The zero-order valence-corrected chi connectivity index (χ0v) is 12.1. The number of hydrogen-bond donors (Lipinski definition) is 0. The van der Waals surface area contributed by atoms with E-state index in [0.29, 0.717) is 0 Å². The monoisotopic (exact) mass is 404 g/mol. The summed E-state index contributed by atoms with van der Waals surface area (Å²) in [6, 6.07) is 0. The van der Waals surface area contributed by atoms with Crippen LogP contribution in [0, 0.1) is 5.92 Å². The van der Waals surface area contributed by atoms with Crippen LogP contribution in [-0.2, 0) is 4.18 Å². The van der Waals surface area contributed by atoms with E-state index in [0.717, 1.165) is 5.92 Å². The highest BCUT2D eigenvalue weighted by molar-refractivity contribution is 14.3. The molecular weight excluding hydrogens is 390 g/mol. The van der Waals surface area contributed by atoms with Crippen LogP contribution in [0.15, 0.2) is 0 Å². The Labute approximate surface area is 93.6 Å². The van der Waals surface area contributed by atoms with Crippen molar-refractivity contribution in [2.75, 3.05) is 0 Å². The maximum Gasteiger partial charge on any atom is 0.255 e. The summed E-state index contributed by atoms with van der Waals surface area (Å²) in [6.45, 7) is 6.73. The van der Waals surface area contributed by atoms with Gasteiger partial charge in [-0.15, -0.1) is 0 Å². The van der Waals surface area contributed by atoms with Crippen LogP contribution in [0.4, 0.5) is 0 Å². The van der Waals surface area contributed by atoms with E-state index in [9.17, 15) is 8.42 Å². The summed E-state index contributed by atoms with van der Waals surface area (Å²) in [5.74, 6) is 0.898. The Morgan fingerprint density at radius 1 is 1.27 bits per heavy atom. The summed E-state index contributed by atoms with van der Waals surface area (Å²) in [5.41, 5.74) is 0. The second kappa shape index (κ2) is 8.03. The van der Waals surface area contributed by atoms with Gasteiger partial charge >= 0.3 is 0 Å². The Bertz CT molecular complexity index is 155. The molecule has 0 aromatic carbocycles. The lowest BCUT2D eigenvalue weighted by Crippen LogP contribution is -1.81. The number of rotatable bonds is 2. The van der Waals surface area contributed by atoms with Crippen LogP contribution in [0.5, 0.6) is 0 Å². The van der Waals surface area contributed by atoms with E-state index in [1.54, 1.807) is 0 Å². The van der Waals surface area contributed by atoms with E-state index in [1.165, 1.54) is 55.3 Å². The third-order valence-electron chi connectivity index (χ3n) is 0.866. The molecule has 2 nitrogen and oxygen atoms in total. The first-order valence-corrected chi connectivity index (χ1v) is 9.98. The van der Waals surface area contributed by atoms with Crippen molar-refractivity contribution in [2.24, 2.45) is 5.92 Å². The van der Waals surface area contributed by atoms with E-state index < -0.39 is 4.18 Å². The Hall–Kier alpha value is 1.41. The fraction of sp³-hybridized carbons (Fsp3) is 1.00. The predicted octanol–water partition coefficient (Wildman–Crippen LogP) is 3.54. The second-order valence-electron chi connectivity index (χ2n) is 2.56. The van der Waals surface area contributed by atoms with Crippen LogP contribution in [0.3, 0.4) is 0 Å². The van der Waals surface area contributed by atoms with Gasteiger partial charge in [0.05, 0.1) is 42.4 Å². The molecule has 0 aromatic heterocycles. The fourth-order valence-corrected chi connectivity index (χ4v) is 0.577. The number of halogens is 2. The average molecular weight is 404 g/mol. The molecule has 0 aromatic rings. The minimum atomic E-state index is -2.73. The van der Waals surface area contributed by atoms with E-state index >= 15 is 0 Å². The van der Waals surface area contributed by atoms with Gasteiger partial charge in [-0.25, -0.2) is 8.42 Å². The molecule has 0 radical (unpaired) electrons. The molecule has 0 fully saturated rings. The third-order valence-corrected chi connectivity index (χ3v) is 0.866. The van der Waals surface area contributed by atoms with Crippen molar-refractivity contribution >= 4 is 46.6 Å². The van der Waals surface area contributed by atoms with Crippen molar-refractivity contribution < 1.29 is 8.42 Å². The number of hydrogen-bond acceptors (Lipinski definition) is 2. The highest BCUT2D eigenvalue weighted by Crippen LogP contribution is 2.08. The van der Waals surface area contributed by atoms with Crippen LogP contribution in [0.2, 0.25) is 0 Å². The van der Waals surface area contributed by atoms with E-state index in [4.69, 9.17) is 0 Å². The largest absolute Gasteiger partial charge is 0.255 e. The molecule has 0 spiro atoms. The van der Waals surface area contributed by atoms with Crippen LogP contribution in [0.1, 0.15) is 33.6 Å². The van der Waals surface area contributed by atoms with Crippen molar-refractivity contribution in [3.05, 3.63) is 0 Å². The van der Waals surface area contributed by atoms with Crippen molar-refractivity contribution in [3.8, 4) is 0 Å². The van der Waals surface area contributed by atoms with Gasteiger partial charge in [-0.05, 0) is 5.92 Å². The lowest BCUT2D eigenvalue weighted by molar-refractivity contribution is 0.576. The molecule has 11 heavy (non-hydrogen) atoms. The molecule has 0 aliphatic heterocycles. The second-order valence-corrected chi connectivity index (χ2v) is 15.3. The van der Waals surface area contributed by atoms with Crippen molar-refractivity contribution in [1.82, 2.24) is 0 Å². The van der Waals surface area contributed by atoms with Gasteiger partial charge in [0.1, 0.15) is 0 Å². The summed E-state index contributed by atoms with van der Waals surface area (Å²) in [4.78, 5) is 0. The van der Waals surface area contributed by atoms with Gasteiger partial charge in [-0.3, -0.25) is 0 Å². The Morgan fingerprint density at radius 2 is 1.55 bits per heavy atom. The molecule has 0 heterocycles. The standard InChI is InChI=1S/C6H14.I2O2S/c1-4-5-6(2)3;1-5(2,3)4/h6H,4-5H2,1-3H3;. The first kappa shape index (κ1) is 14.9. The molecule has 0 saturated heterocycles. The zero-order valence-electron chi connectivity index (χ0n) is 6.97. The van der Waals surface area contributed by atoms with Crippen LogP contribution in [-0.4, -0.2) is 8.42 Å². The topological polar surface area (TPSA) is 34.1 Å². The van der Waals surface area contributed by atoms with Crippen molar-refractivity contribution in [1.29, 1.82) is 0 Å². The zero-order chi connectivity index (χ0) is 9.49. The molecule has 5 heteroatoms. The van der Waals surface area contributed by atoms with E-state index in [2.05, 4.69) is 20.8 Å². The lowest BCUT2D eigenvalue weighted by atomic mass is 10.1. The molecule has 0 amide bonds. The molecule has 0 aliphatic carbocycles. The minimum Gasteiger partial charge on any atom is -0.208 e. The molecule has 0 bridgehead atoms. The highest BCUT2D eigenvalue weighted by atomic mass is 127. The van der Waals surface area contributed by atoms with Gasteiger partial charge in [0, 0.05) is 0 Å². The third kappa shape index (κ3) is 52.0. The molecule has 0 unspecified atom stereocenters. The SMILES string of the molecule is CCCC(C)C.O=S(=O)(I)I. The fourth-order valence-electron chi connectivity index (χ4n) is 0.577. The Balaban J connectivity index is 0. The lowest BCUT2D eigenvalue weighted by Gasteiger charge is -1.95. The van der Waals surface area contributed by atoms with Crippen molar-refractivity contribution in [2.45, 2.75) is 33.6 Å². The molecular formula is C6H14I2O2S. The van der Waals surface area contributed by atoms with Crippen LogP contribution in [0.25, 0.3) is 0 Å². The van der Waals surface area contributed by atoms with Crippen molar-refractivity contribution in [3.63, 3.8) is 0 Å². The Kier molecular flexibility index (Phi) is 10.9.